The van der Waals surface area contributed by atoms with Crippen LogP contribution in [-0.4, -0.2) is 70.8 Å². The Morgan fingerprint density at radius 1 is 1.27 bits per heavy atom. The molecule has 1 amide bonds. The van der Waals surface area contributed by atoms with E-state index in [9.17, 15) is 22.8 Å². The Bertz CT molecular complexity index is 679. The molecular weight excluding hydrogens is 359 g/mol. The summed E-state index contributed by atoms with van der Waals surface area (Å²) in [5.74, 6) is -3.77. The van der Waals surface area contributed by atoms with Crippen molar-refractivity contribution in [3.05, 3.63) is 24.0 Å². The summed E-state index contributed by atoms with van der Waals surface area (Å²) in [5, 5.41) is 16.1. The highest BCUT2D eigenvalue weighted by Crippen LogP contribution is 2.26. The molecule has 1 aliphatic heterocycles. The van der Waals surface area contributed by atoms with Crippen LogP contribution in [0.1, 0.15) is 23.3 Å². The molecule has 0 aliphatic carbocycles. The topological polar surface area (TPSA) is 111 Å². The highest BCUT2D eigenvalue weighted by atomic mass is 19.4. The number of carbonyl (C=O) groups excluding carboxylic acids is 1. The van der Waals surface area contributed by atoms with Crippen molar-refractivity contribution in [1.29, 1.82) is 0 Å². The molecule has 2 N–H and O–H groups in total. The summed E-state index contributed by atoms with van der Waals surface area (Å²) >= 11 is 0. The van der Waals surface area contributed by atoms with E-state index >= 15 is 0 Å². The van der Waals surface area contributed by atoms with Crippen molar-refractivity contribution in [2.45, 2.75) is 25.1 Å². The molecule has 0 aromatic carbocycles. The van der Waals surface area contributed by atoms with E-state index in [1.807, 2.05) is 4.90 Å². The van der Waals surface area contributed by atoms with Crippen LogP contribution in [0.25, 0.3) is 0 Å². The molecule has 2 rings (SSSR count). The number of halogens is 3. The van der Waals surface area contributed by atoms with E-state index in [1.165, 1.54) is 12.3 Å². The number of aliphatic carboxylic acids is 1. The molecule has 2 heterocycles. The van der Waals surface area contributed by atoms with Crippen molar-refractivity contribution in [1.82, 2.24) is 9.88 Å². The van der Waals surface area contributed by atoms with Crippen LogP contribution >= 0.6 is 0 Å². The summed E-state index contributed by atoms with van der Waals surface area (Å²) < 4.78 is 31.7. The van der Waals surface area contributed by atoms with Gasteiger partial charge >= 0.3 is 18.1 Å². The van der Waals surface area contributed by atoms with Gasteiger partial charge in [0.25, 0.3) is 0 Å². The molecule has 0 spiro atoms. The van der Waals surface area contributed by atoms with Gasteiger partial charge in [-0.25, -0.2) is 14.6 Å². The number of carbonyl (C=O) groups is 3. The first-order valence-corrected chi connectivity index (χ1v) is 7.42. The van der Waals surface area contributed by atoms with Crippen LogP contribution in [0.3, 0.4) is 0 Å². The lowest BCUT2D eigenvalue weighted by atomic mass is 10.2. The van der Waals surface area contributed by atoms with Crippen molar-refractivity contribution in [3.63, 3.8) is 0 Å². The van der Waals surface area contributed by atoms with Gasteiger partial charge in [0.15, 0.2) is 0 Å². The maximum absolute atomic E-state index is 12.1. The molecule has 1 fully saturated rings. The molecule has 144 valence electrons. The minimum absolute atomic E-state index is 0.000419. The number of aromatic carboxylic acids is 1. The average molecular weight is 377 g/mol. The average Bonchev–Trinajstić information content (AvgIpc) is 3.03. The Morgan fingerprint density at radius 3 is 2.31 bits per heavy atom. The largest absolute Gasteiger partial charge is 0.490 e. The van der Waals surface area contributed by atoms with Crippen LogP contribution in [0.15, 0.2) is 18.3 Å². The number of aromatic nitrogens is 1. The lowest BCUT2D eigenvalue weighted by Gasteiger charge is -2.28. The predicted octanol–water partition coefficient (Wildman–Crippen LogP) is 1.47. The van der Waals surface area contributed by atoms with Crippen LogP contribution < -0.4 is 4.90 Å². The van der Waals surface area contributed by atoms with Crippen molar-refractivity contribution < 1.29 is 37.8 Å². The monoisotopic (exact) mass is 377 g/mol. The number of rotatable bonds is 3. The number of pyridine rings is 1. The highest BCUT2D eigenvalue weighted by molar-refractivity contribution is 5.88. The number of carboxylic acids is 2. The molecule has 11 heteroatoms. The summed E-state index contributed by atoms with van der Waals surface area (Å²) in [5.41, 5.74) is 0.741. The molecule has 26 heavy (non-hydrogen) atoms. The first kappa shape index (κ1) is 21.2. The maximum Gasteiger partial charge on any atom is 0.490 e. The smallest absolute Gasteiger partial charge is 0.477 e. The van der Waals surface area contributed by atoms with Crippen LogP contribution in [0.5, 0.6) is 0 Å². The minimum atomic E-state index is -5.08. The van der Waals surface area contributed by atoms with Crippen LogP contribution in [-0.2, 0) is 9.59 Å². The van der Waals surface area contributed by atoms with Crippen molar-refractivity contribution in [2.24, 2.45) is 0 Å². The highest BCUT2D eigenvalue weighted by Gasteiger charge is 2.38. The van der Waals surface area contributed by atoms with E-state index in [1.54, 1.807) is 25.1 Å². The Hall–Kier alpha value is -2.85. The lowest BCUT2D eigenvalue weighted by molar-refractivity contribution is -0.192. The number of alkyl halides is 3. The Morgan fingerprint density at radius 2 is 1.85 bits per heavy atom. The van der Waals surface area contributed by atoms with Crippen LogP contribution in [0.2, 0.25) is 0 Å². The van der Waals surface area contributed by atoms with Crippen molar-refractivity contribution in [2.75, 3.05) is 25.5 Å². The maximum atomic E-state index is 12.1. The molecule has 1 atom stereocenters. The zero-order valence-corrected chi connectivity index (χ0v) is 14.0. The molecule has 0 radical (unpaired) electrons. The predicted molar refractivity (Wildman–Crippen MR) is 83.9 cm³/mol. The fourth-order valence-corrected chi connectivity index (χ4v) is 2.35. The van der Waals surface area contributed by atoms with Gasteiger partial charge in [0, 0.05) is 32.5 Å². The third-order valence-corrected chi connectivity index (χ3v) is 3.52. The zero-order valence-electron chi connectivity index (χ0n) is 14.0. The summed E-state index contributed by atoms with van der Waals surface area (Å²) in [6.45, 7) is 0.757. The van der Waals surface area contributed by atoms with Gasteiger partial charge in [-0.05, 0) is 25.0 Å². The van der Waals surface area contributed by atoms with E-state index < -0.39 is 18.1 Å². The number of hydrogen-bond donors (Lipinski definition) is 2. The van der Waals surface area contributed by atoms with Crippen LogP contribution in [0, 0.1) is 0 Å². The van der Waals surface area contributed by atoms with Crippen molar-refractivity contribution in [3.8, 4) is 0 Å². The molecule has 0 unspecified atom stereocenters. The van der Waals surface area contributed by atoms with E-state index in [-0.39, 0.29) is 17.6 Å². The molecule has 1 saturated heterocycles. The zero-order chi connectivity index (χ0) is 20.1. The first-order valence-electron chi connectivity index (χ1n) is 7.42. The summed E-state index contributed by atoms with van der Waals surface area (Å²) in [6, 6.07) is 3.05. The Labute approximate surface area is 146 Å². The SMILES string of the molecule is CN(C)C(=O)[C@@H]1CCCN1c1ccnc(C(=O)O)c1.O=C(O)C(F)(F)F. The number of anilines is 1. The Kier molecular flexibility index (Phi) is 6.93. The third-order valence-electron chi connectivity index (χ3n) is 3.52. The van der Waals surface area contributed by atoms with Gasteiger partial charge in [-0.15, -0.1) is 0 Å². The van der Waals surface area contributed by atoms with Crippen molar-refractivity contribution >= 4 is 23.5 Å². The van der Waals surface area contributed by atoms with Gasteiger partial charge in [0.2, 0.25) is 5.91 Å². The minimum Gasteiger partial charge on any atom is -0.477 e. The van der Waals surface area contributed by atoms with Crippen LogP contribution in [0.4, 0.5) is 18.9 Å². The number of hydrogen-bond acceptors (Lipinski definition) is 5. The number of nitrogens with zero attached hydrogens (tertiary/aromatic N) is 3. The van der Waals surface area contributed by atoms with Gasteiger partial charge in [-0.1, -0.05) is 0 Å². The second-order valence-corrected chi connectivity index (χ2v) is 5.59. The number of likely N-dealkylation sites (N-methyl/N-ethyl adjacent to an activating group) is 1. The van der Waals surface area contributed by atoms with Gasteiger partial charge in [0.1, 0.15) is 11.7 Å². The molecule has 8 nitrogen and oxygen atoms in total. The molecule has 0 saturated carbocycles. The molecule has 1 aromatic heterocycles. The van der Waals surface area contributed by atoms with E-state index in [4.69, 9.17) is 15.0 Å². The molecular formula is C15H18F3N3O5. The van der Waals surface area contributed by atoms with E-state index in [2.05, 4.69) is 4.98 Å². The molecule has 1 aromatic rings. The second-order valence-electron chi connectivity index (χ2n) is 5.59. The summed E-state index contributed by atoms with van der Waals surface area (Å²) in [4.78, 5) is 39.3. The van der Waals surface area contributed by atoms with Gasteiger partial charge in [-0.2, -0.15) is 13.2 Å². The van der Waals surface area contributed by atoms with Gasteiger partial charge in [-0.3, -0.25) is 4.79 Å². The summed E-state index contributed by atoms with van der Waals surface area (Å²) in [7, 11) is 3.46. The van der Waals surface area contributed by atoms with Gasteiger partial charge in [0.05, 0.1) is 0 Å². The standard InChI is InChI=1S/C13H17N3O3.C2HF3O2/c1-15(2)12(17)11-4-3-7-16(11)9-5-6-14-10(8-9)13(18)19;3-2(4,5)1(6)7/h5-6,8,11H,3-4,7H2,1-2H3,(H,18,19);(H,6,7)/t11-;/m0./s1. The normalized spacial score (nSPS) is 16.5. The van der Waals surface area contributed by atoms with E-state index in [0.29, 0.717) is 0 Å². The first-order chi connectivity index (χ1) is 11.9. The number of carboxylic acid groups (broad SMARTS) is 2. The third kappa shape index (κ3) is 5.60. The second kappa shape index (κ2) is 8.50. The lowest BCUT2D eigenvalue weighted by Crippen LogP contribution is -2.42. The fourth-order valence-electron chi connectivity index (χ4n) is 2.35. The quantitative estimate of drug-likeness (QED) is 0.820. The molecule has 0 bridgehead atoms. The van der Waals surface area contributed by atoms with E-state index in [0.717, 1.165) is 25.1 Å². The van der Waals surface area contributed by atoms with Gasteiger partial charge < -0.3 is 20.0 Å². The summed E-state index contributed by atoms with van der Waals surface area (Å²) in [6.07, 6.45) is -1.90. The number of amides is 1. The Balaban J connectivity index is 0.000000412. The molecule has 1 aliphatic rings. The fraction of sp³-hybridized carbons (Fsp3) is 0.467.